The highest BCUT2D eigenvalue weighted by Crippen LogP contribution is 2.21. The molecule has 11 amide bonds. The van der Waals surface area contributed by atoms with Gasteiger partial charge in [0.2, 0.25) is 65.0 Å². The van der Waals surface area contributed by atoms with Crippen LogP contribution in [0.5, 0.6) is 0 Å². The van der Waals surface area contributed by atoms with E-state index in [2.05, 4.69) is 46.5 Å². The van der Waals surface area contributed by atoms with Crippen molar-refractivity contribution in [3.63, 3.8) is 0 Å². The predicted octanol–water partition coefficient (Wildman–Crippen LogP) is 12.8. The zero-order valence-electron chi connectivity index (χ0n) is 78.4. The molecule has 0 fully saturated rings. The first-order chi connectivity index (χ1) is 61.6. The van der Waals surface area contributed by atoms with Crippen molar-refractivity contribution >= 4 is 65.0 Å². The van der Waals surface area contributed by atoms with Gasteiger partial charge in [-0.3, -0.25) is 52.7 Å². The van der Waals surface area contributed by atoms with Crippen LogP contribution < -0.4 is 17.2 Å². The first-order valence-electron chi connectivity index (χ1n) is 48.2. The Morgan fingerprint density at radius 3 is 0.858 bits per heavy atom. The SMILES string of the molecule is CCCCCCCCCCN(CC(=O)N(CC(=O)N(CCCCCCCCCC)CC(=O)N(CC(N)=O)CC(CC)CCCC)CC(CC)CCCC)C(=O)CN(CCc1ccccc1)C(=O)CN(CCc1ccccc1)C(=O)CN(CCN)C(=O)CN(CCc1ccccc1)C(=O)CN(CCc1ccccc1)C(=O)CN(CCN)C(=O)CCCCCn1ccnc1. The van der Waals surface area contributed by atoms with Crippen molar-refractivity contribution < 1.29 is 52.7 Å². The van der Waals surface area contributed by atoms with Crippen molar-refractivity contribution in [2.24, 2.45) is 29.0 Å². The molecule has 0 aliphatic rings. The number of benzene rings is 4. The van der Waals surface area contributed by atoms with Crippen LogP contribution in [-0.2, 0) is 85.0 Å². The number of imidazole rings is 1. The lowest BCUT2D eigenvalue weighted by atomic mass is 9.98. The zero-order chi connectivity index (χ0) is 92.0. The van der Waals surface area contributed by atoms with E-state index in [4.69, 9.17) is 17.2 Å². The fourth-order valence-corrected chi connectivity index (χ4v) is 16.0. The number of carbonyl (C=O) groups excluding carboxylic acids is 11. The highest BCUT2D eigenvalue weighted by atomic mass is 16.2. The minimum Gasteiger partial charge on any atom is -0.368 e. The zero-order valence-corrected chi connectivity index (χ0v) is 78.4. The van der Waals surface area contributed by atoms with E-state index in [1.807, 2.05) is 132 Å². The molecule has 2 atom stereocenters. The van der Waals surface area contributed by atoms with Crippen molar-refractivity contribution in [1.29, 1.82) is 0 Å². The smallest absolute Gasteiger partial charge is 0.242 e. The fourth-order valence-electron chi connectivity index (χ4n) is 16.0. The summed E-state index contributed by atoms with van der Waals surface area (Å²) in [5.74, 6) is -5.25. The molecule has 0 bridgehead atoms. The molecule has 0 aliphatic carbocycles. The van der Waals surface area contributed by atoms with E-state index in [-0.39, 0.29) is 128 Å². The van der Waals surface area contributed by atoms with Crippen LogP contribution in [0.15, 0.2) is 140 Å². The summed E-state index contributed by atoms with van der Waals surface area (Å²) in [6, 6.07) is 38.1. The topological polar surface area (TPSA) is 316 Å². The molecule has 704 valence electrons. The Hall–Kier alpha value is -9.82. The minimum absolute atomic E-state index is 0.00474. The Morgan fingerprint density at radius 1 is 0.299 bits per heavy atom. The molecular weight excluding hydrogens is 1600 g/mol. The third-order valence-corrected chi connectivity index (χ3v) is 24.1. The van der Waals surface area contributed by atoms with Gasteiger partial charge in [0.05, 0.1) is 71.8 Å². The van der Waals surface area contributed by atoms with Gasteiger partial charge < -0.3 is 70.8 Å². The van der Waals surface area contributed by atoms with Crippen LogP contribution in [0.4, 0.5) is 0 Å². The van der Waals surface area contributed by atoms with Gasteiger partial charge in [0.25, 0.3) is 0 Å². The first kappa shape index (κ1) is 108. The third kappa shape index (κ3) is 45.1. The molecule has 5 aromatic rings. The second kappa shape index (κ2) is 65.7. The van der Waals surface area contributed by atoms with Gasteiger partial charge >= 0.3 is 0 Å². The van der Waals surface area contributed by atoms with E-state index in [1.54, 1.807) is 22.3 Å². The summed E-state index contributed by atoms with van der Waals surface area (Å²) < 4.78 is 1.98. The number of unbranched alkanes of at least 4 members (excludes halogenated alkanes) is 18. The number of primary amides is 1. The standard InChI is InChI=1S/C101H159N15O11/c1-7-13-17-19-21-23-25-42-63-107(82-101(127)116(73-86(12-6)45-16-10-4)83-99(125)108(64-43-26-24-22-20-18-14-8-2)81-100(126)115(74-91(104)117)72-85(11-5)44-15-9-3)93(119)75-109(65-55-87-46-32-27-33-47-87)94(120)77-111(67-57-89-50-36-29-37-51-89)97(123)80-114(70-60-103)98(124)78-112(68-58-90-52-38-30-39-53-90)95(121)76-110(66-56-88-48-34-28-35-49-88)96(122)79-113(69-59-102)92(118)54-40-31-41-62-106-71-61-105-84-106/h27-30,32-39,46-53,61,71,84-86H,7-26,31,40-45,54-60,62-70,72-83,102-103H2,1-6H3,(H2,104,117). The molecule has 0 spiro atoms. The van der Waals surface area contributed by atoms with Gasteiger partial charge in [0, 0.05) is 104 Å². The number of aromatic nitrogens is 2. The van der Waals surface area contributed by atoms with E-state index >= 15 is 33.6 Å². The Balaban J connectivity index is 1.51. The fraction of sp³-hybridized carbons (Fsp3) is 0.624. The van der Waals surface area contributed by atoms with Gasteiger partial charge in [-0.25, -0.2) is 4.98 Å². The summed E-state index contributed by atoms with van der Waals surface area (Å²) in [5.41, 5.74) is 21.8. The lowest BCUT2D eigenvalue weighted by molar-refractivity contribution is -0.149. The number of nitrogens with two attached hydrogens (primary N) is 3. The Kier molecular flexibility index (Phi) is 55.7. The van der Waals surface area contributed by atoms with E-state index < -0.39 is 92.4 Å². The molecular formula is C101H159N15O11. The third-order valence-electron chi connectivity index (χ3n) is 24.1. The van der Waals surface area contributed by atoms with Crippen molar-refractivity contribution in [1.82, 2.24) is 58.6 Å². The maximum Gasteiger partial charge on any atom is 0.242 e. The van der Waals surface area contributed by atoms with Gasteiger partial charge in [-0.1, -0.05) is 298 Å². The van der Waals surface area contributed by atoms with E-state index in [0.717, 1.165) is 176 Å². The molecule has 1 aromatic heterocycles. The van der Waals surface area contributed by atoms with Crippen LogP contribution in [0, 0.1) is 11.8 Å². The van der Waals surface area contributed by atoms with Crippen molar-refractivity contribution in [2.75, 3.05) is 144 Å². The molecule has 1 heterocycles. The number of aryl methyl sites for hydroxylation is 1. The number of rotatable bonds is 72. The molecule has 5 rings (SSSR count). The van der Waals surface area contributed by atoms with E-state index in [9.17, 15) is 19.2 Å². The van der Waals surface area contributed by atoms with Crippen molar-refractivity contribution in [2.45, 2.75) is 254 Å². The Labute approximate surface area is 761 Å². The number of nitrogens with zero attached hydrogens (tertiary/aromatic N) is 12. The van der Waals surface area contributed by atoms with Gasteiger partial charge in [-0.2, -0.15) is 0 Å². The Bertz CT molecular complexity index is 3880. The summed E-state index contributed by atoms with van der Waals surface area (Å²) in [5, 5.41) is 0. The van der Waals surface area contributed by atoms with Gasteiger partial charge in [-0.05, 0) is 98.3 Å². The van der Waals surface area contributed by atoms with Crippen molar-refractivity contribution in [3.8, 4) is 0 Å². The second-order valence-electron chi connectivity index (χ2n) is 34.5. The van der Waals surface area contributed by atoms with Gasteiger partial charge in [-0.15, -0.1) is 0 Å². The van der Waals surface area contributed by atoms with Crippen LogP contribution in [-0.4, -0.2) is 268 Å². The molecule has 0 aliphatic heterocycles. The van der Waals surface area contributed by atoms with Gasteiger partial charge in [0.1, 0.15) is 0 Å². The number of hydrogen-bond donors (Lipinski definition) is 3. The highest BCUT2D eigenvalue weighted by Gasteiger charge is 2.34. The lowest BCUT2D eigenvalue weighted by Gasteiger charge is -2.34. The van der Waals surface area contributed by atoms with Crippen LogP contribution >= 0.6 is 0 Å². The number of hydrogen-bond acceptors (Lipinski definition) is 14. The predicted molar refractivity (Wildman–Crippen MR) is 506 cm³/mol. The van der Waals surface area contributed by atoms with Crippen molar-refractivity contribution in [3.05, 3.63) is 162 Å². The van der Waals surface area contributed by atoms with Crippen LogP contribution in [0.25, 0.3) is 0 Å². The molecule has 0 saturated heterocycles. The molecule has 6 N–H and O–H groups in total. The monoisotopic (exact) mass is 1760 g/mol. The lowest BCUT2D eigenvalue weighted by Crippen LogP contribution is -2.54. The van der Waals surface area contributed by atoms with E-state index in [1.165, 1.54) is 45.6 Å². The number of carbonyl (C=O) groups is 11. The average molecular weight is 1760 g/mol. The quantitative estimate of drug-likeness (QED) is 0.0305. The normalized spacial score (nSPS) is 11.6. The van der Waals surface area contributed by atoms with Crippen LogP contribution in [0.2, 0.25) is 0 Å². The molecule has 127 heavy (non-hydrogen) atoms. The number of amides is 11. The molecule has 26 heteroatoms. The van der Waals surface area contributed by atoms with Gasteiger partial charge in [0.15, 0.2) is 0 Å². The minimum atomic E-state index is -0.644. The summed E-state index contributed by atoms with van der Waals surface area (Å²) in [6.45, 7) is 10.7. The Morgan fingerprint density at radius 2 is 0.567 bits per heavy atom. The largest absolute Gasteiger partial charge is 0.368 e. The molecule has 4 aromatic carbocycles. The maximum atomic E-state index is 15.7. The second-order valence-corrected chi connectivity index (χ2v) is 34.5. The maximum absolute atomic E-state index is 15.7. The van der Waals surface area contributed by atoms with Crippen LogP contribution in [0.3, 0.4) is 0 Å². The summed E-state index contributed by atoms with van der Waals surface area (Å²) in [4.78, 5) is 183. The highest BCUT2D eigenvalue weighted by molar-refractivity contribution is 5.95. The summed E-state index contributed by atoms with van der Waals surface area (Å²) >= 11 is 0. The average Bonchev–Trinajstić information content (AvgIpc) is 1.06. The molecule has 26 nitrogen and oxygen atoms in total. The summed E-state index contributed by atoms with van der Waals surface area (Å²) in [6.07, 6.45) is 31.9. The molecule has 2 unspecified atom stereocenters. The summed E-state index contributed by atoms with van der Waals surface area (Å²) in [7, 11) is 0. The molecule has 0 radical (unpaired) electrons. The molecule has 0 saturated carbocycles. The van der Waals surface area contributed by atoms with Crippen LogP contribution in [0.1, 0.15) is 244 Å². The first-order valence-corrected chi connectivity index (χ1v) is 48.2. The van der Waals surface area contributed by atoms with E-state index in [0.29, 0.717) is 51.5 Å².